The van der Waals surface area contributed by atoms with Gasteiger partial charge in [0.25, 0.3) is 5.91 Å². The Morgan fingerprint density at radius 1 is 1.00 bits per heavy atom. The van der Waals surface area contributed by atoms with Gasteiger partial charge < -0.3 is 20.1 Å². The number of anilines is 1. The lowest BCUT2D eigenvalue weighted by Gasteiger charge is -2.14. The predicted octanol–water partition coefficient (Wildman–Crippen LogP) is 3.79. The van der Waals surface area contributed by atoms with Crippen molar-refractivity contribution < 1.29 is 19.1 Å². The number of carbonyl (C=O) groups excluding carboxylic acids is 2. The molecule has 27 heavy (non-hydrogen) atoms. The van der Waals surface area contributed by atoms with Crippen LogP contribution in [0.5, 0.6) is 11.5 Å². The van der Waals surface area contributed by atoms with Crippen LogP contribution in [0.4, 0.5) is 5.69 Å². The molecule has 0 atom stereocenters. The van der Waals surface area contributed by atoms with Gasteiger partial charge in [-0.05, 0) is 55.8 Å². The Bertz CT molecular complexity index is 806. The minimum absolute atomic E-state index is 0.171. The first kappa shape index (κ1) is 20.8. The summed E-state index contributed by atoms with van der Waals surface area (Å²) >= 11 is 3.49. The Morgan fingerprint density at radius 2 is 1.59 bits per heavy atom. The zero-order valence-electron chi connectivity index (χ0n) is 15.6. The molecule has 0 aliphatic rings. The van der Waals surface area contributed by atoms with Gasteiger partial charge in [0.15, 0.2) is 11.5 Å². The third-order valence-corrected chi connectivity index (χ3v) is 4.46. The Hall–Kier alpha value is -2.54. The van der Waals surface area contributed by atoms with Crippen LogP contribution in [0.2, 0.25) is 0 Å². The molecule has 0 radical (unpaired) electrons. The molecule has 0 aliphatic carbocycles. The Kier molecular flexibility index (Phi) is 7.67. The minimum atomic E-state index is -0.172. The maximum atomic E-state index is 12.4. The molecule has 0 spiro atoms. The van der Waals surface area contributed by atoms with Crippen molar-refractivity contribution in [2.75, 3.05) is 25.6 Å². The van der Waals surface area contributed by atoms with E-state index in [1.807, 2.05) is 26.0 Å². The molecule has 2 rings (SSSR count). The zero-order valence-corrected chi connectivity index (χ0v) is 17.2. The molecule has 2 amide bonds. The van der Waals surface area contributed by atoms with Gasteiger partial charge in [-0.1, -0.05) is 15.9 Å². The second-order valence-electron chi connectivity index (χ2n) is 5.64. The Morgan fingerprint density at radius 3 is 2.15 bits per heavy atom. The molecule has 0 unspecified atom stereocenters. The van der Waals surface area contributed by atoms with E-state index in [-0.39, 0.29) is 18.2 Å². The Balaban J connectivity index is 2.10. The molecular weight excluding hydrogens is 412 g/mol. The van der Waals surface area contributed by atoms with Crippen LogP contribution in [-0.2, 0) is 11.2 Å². The highest BCUT2D eigenvalue weighted by Gasteiger charge is 2.14. The van der Waals surface area contributed by atoms with E-state index in [1.165, 1.54) is 0 Å². The summed E-state index contributed by atoms with van der Waals surface area (Å²) in [4.78, 5) is 24.0. The van der Waals surface area contributed by atoms with Crippen molar-refractivity contribution in [1.82, 2.24) is 5.32 Å². The molecule has 2 aromatic carbocycles. The largest absolute Gasteiger partial charge is 0.490 e. The van der Waals surface area contributed by atoms with Gasteiger partial charge in [0, 0.05) is 22.8 Å². The van der Waals surface area contributed by atoms with Crippen LogP contribution in [0.25, 0.3) is 0 Å². The normalized spacial score (nSPS) is 10.2. The molecule has 6 nitrogen and oxygen atoms in total. The predicted molar refractivity (Wildman–Crippen MR) is 109 cm³/mol. The first-order chi connectivity index (χ1) is 13.0. The van der Waals surface area contributed by atoms with E-state index in [2.05, 4.69) is 26.6 Å². The average molecular weight is 435 g/mol. The van der Waals surface area contributed by atoms with Crippen LogP contribution in [-0.4, -0.2) is 32.1 Å². The van der Waals surface area contributed by atoms with E-state index >= 15 is 0 Å². The monoisotopic (exact) mass is 434 g/mol. The van der Waals surface area contributed by atoms with E-state index in [4.69, 9.17) is 9.47 Å². The molecule has 2 N–H and O–H groups in total. The Labute approximate surface area is 167 Å². The lowest BCUT2D eigenvalue weighted by Crippen LogP contribution is -2.18. The van der Waals surface area contributed by atoms with Gasteiger partial charge >= 0.3 is 0 Å². The fourth-order valence-electron chi connectivity index (χ4n) is 2.48. The van der Waals surface area contributed by atoms with E-state index in [0.717, 1.165) is 10.0 Å². The molecule has 0 fully saturated rings. The van der Waals surface area contributed by atoms with Gasteiger partial charge in [-0.15, -0.1) is 0 Å². The number of ether oxygens (including phenoxy) is 2. The van der Waals surface area contributed by atoms with Crippen molar-refractivity contribution >= 4 is 33.4 Å². The smallest absolute Gasteiger partial charge is 0.251 e. The quantitative estimate of drug-likeness (QED) is 0.662. The van der Waals surface area contributed by atoms with Crippen LogP contribution in [0.3, 0.4) is 0 Å². The van der Waals surface area contributed by atoms with Crippen LogP contribution in [0, 0.1) is 0 Å². The van der Waals surface area contributed by atoms with Gasteiger partial charge in [0.2, 0.25) is 5.91 Å². The fraction of sp³-hybridized carbons (Fsp3) is 0.300. The number of carbonyl (C=O) groups is 2. The van der Waals surface area contributed by atoms with Crippen molar-refractivity contribution in [3.05, 3.63) is 52.0 Å². The van der Waals surface area contributed by atoms with Gasteiger partial charge in [-0.25, -0.2) is 0 Å². The van der Waals surface area contributed by atoms with Gasteiger partial charge in [-0.2, -0.15) is 0 Å². The lowest BCUT2D eigenvalue weighted by atomic mass is 10.1. The summed E-state index contributed by atoms with van der Waals surface area (Å²) in [6, 6.07) is 10.3. The van der Waals surface area contributed by atoms with E-state index in [0.29, 0.717) is 36.0 Å². The molecule has 0 heterocycles. The highest BCUT2D eigenvalue weighted by Crippen LogP contribution is 2.34. The lowest BCUT2D eigenvalue weighted by molar-refractivity contribution is -0.115. The molecule has 0 bridgehead atoms. The third-order valence-electron chi connectivity index (χ3n) is 3.72. The number of amides is 2. The summed E-state index contributed by atoms with van der Waals surface area (Å²) in [5.41, 5.74) is 1.95. The van der Waals surface area contributed by atoms with E-state index < -0.39 is 0 Å². The summed E-state index contributed by atoms with van der Waals surface area (Å²) in [5, 5.41) is 5.39. The summed E-state index contributed by atoms with van der Waals surface area (Å²) < 4.78 is 12.0. The average Bonchev–Trinajstić information content (AvgIpc) is 2.65. The van der Waals surface area contributed by atoms with Crippen LogP contribution < -0.4 is 20.1 Å². The number of hydrogen-bond acceptors (Lipinski definition) is 4. The summed E-state index contributed by atoms with van der Waals surface area (Å²) in [6.07, 6.45) is 0.171. The topological polar surface area (TPSA) is 76.7 Å². The summed E-state index contributed by atoms with van der Waals surface area (Å²) in [6.45, 7) is 4.83. The second-order valence-corrected chi connectivity index (χ2v) is 6.49. The summed E-state index contributed by atoms with van der Waals surface area (Å²) in [5.74, 6) is 0.908. The molecule has 7 heteroatoms. The minimum Gasteiger partial charge on any atom is -0.490 e. The van der Waals surface area contributed by atoms with Crippen molar-refractivity contribution in [3.8, 4) is 11.5 Å². The number of halogens is 1. The number of benzene rings is 2. The van der Waals surface area contributed by atoms with Crippen molar-refractivity contribution in [1.29, 1.82) is 0 Å². The van der Waals surface area contributed by atoms with Gasteiger partial charge in [0.1, 0.15) is 0 Å². The zero-order chi connectivity index (χ0) is 19.8. The SMILES string of the molecule is CCOc1cc(Br)c(CC(=O)Nc2ccc(C(=O)NC)cc2)cc1OCC. The highest BCUT2D eigenvalue weighted by molar-refractivity contribution is 9.10. The molecule has 0 aromatic heterocycles. The first-order valence-electron chi connectivity index (χ1n) is 8.68. The fourth-order valence-corrected chi connectivity index (χ4v) is 2.94. The van der Waals surface area contributed by atoms with Gasteiger partial charge in [0.05, 0.1) is 19.6 Å². The molecular formula is C20H23BrN2O4. The first-order valence-corrected chi connectivity index (χ1v) is 9.47. The maximum absolute atomic E-state index is 12.4. The van der Waals surface area contributed by atoms with E-state index in [1.54, 1.807) is 31.3 Å². The third kappa shape index (κ3) is 5.72. The van der Waals surface area contributed by atoms with Crippen molar-refractivity contribution in [2.45, 2.75) is 20.3 Å². The highest BCUT2D eigenvalue weighted by atomic mass is 79.9. The number of rotatable bonds is 8. The number of hydrogen-bond donors (Lipinski definition) is 2. The van der Waals surface area contributed by atoms with E-state index in [9.17, 15) is 9.59 Å². The molecule has 144 valence electrons. The molecule has 2 aromatic rings. The molecule has 0 aliphatic heterocycles. The van der Waals surface area contributed by atoms with Crippen LogP contribution in [0.15, 0.2) is 40.9 Å². The van der Waals surface area contributed by atoms with Crippen LogP contribution >= 0.6 is 15.9 Å². The molecule has 0 saturated heterocycles. The molecule has 0 saturated carbocycles. The summed E-state index contributed by atoms with van der Waals surface area (Å²) in [7, 11) is 1.57. The van der Waals surface area contributed by atoms with Crippen LogP contribution in [0.1, 0.15) is 29.8 Å². The maximum Gasteiger partial charge on any atom is 0.251 e. The second kappa shape index (κ2) is 9.97. The van der Waals surface area contributed by atoms with Crippen molar-refractivity contribution in [3.63, 3.8) is 0 Å². The van der Waals surface area contributed by atoms with Gasteiger partial charge in [-0.3, -0.25) is 9.59 Å². The van der Waals surface area contributed by atoms with Crippen molar-refractivity contribution in [2.24, 2.45) is 0 Å². The standard InChI is InChI=1S/C20H23BrN2O4/c1-4-26-17-10-14(16(21)12-18(17)27-5-2)11-19(24)23-15-8-6-13(7-9-15)20(25)22-3/h6-10,12H,4-5,11H2,1-3H3,(H,22,25)(H,23,24). The number of nitrogens with one attached hydrogen (secondary N) is 2.